The van der Waals surface area contributed by atoms with Gasteiger partial charge in [-0.3, -0.25) is 4.79 Å². The molecule has 0 bridgehead atoms. The van der Waals surface area contributed by atoms with E-state index >= 15 is 0 Å². The standard InChI is InChI=1S/C9H16BrNO4S/c10-3-1-9(13)11(4-5-12)8-2-6-16(14,15)7-8/h8,12H,1-7H2. The van der Waals surface area contributed by atoms with Crippen LogP contribution in [-0.4, -0.2) is 60.4 Å². The Morgan fingerprint density at radius 3 is 2.62 bits per heavy atom. The van der Waals surface area contributed by atoms with E-state index in [1.165, 1.54) is 4.90 Å². The monoisotopic (exact) mass is 313 g/mol. The lowest BCUT2D eigenvalue weighted by Crippen LogP contribution is -2.42. The number of rotatable bonds is 5. The Morgan fingerprint density at radius 1 is 1.50 bits per heavy atom. The maximum absolute atomic E-state index is 11.7. The number of nitrogens with zero attached hydrogens (tertiary/aromatic N) is 1. The number of halogens is 1. The highest BCUT2D eigenvalue weighted by atomic mass is 79.9. The fourth-order valence-electron chi connectivity index (χ4n) is 1.86. The molecule has 1 atom stereocenters. The number of amides is 1. The van der Waals surface area contributed by atoms with E-state index in [0.717, 1.165) is 0 Å². The zero-order valence-corrected chi connectivity index (χ0v) is 11.3. The Kier molecular flexibility index (Phi) is 5.20. The second kappa shape index (κ2) is 5.97. The highest BCUT2D eigenvalue weighted by Crippen LogP contribution is 2.18. The molecule has 1 rings (SSSR count). The van der Waals surface area contributed by atoms with Gasteiger partial charge < -0.3 is 10.0 Å². The molecule has 1 amide bonds. The summed E-state index contributed by atoms with van der Waals surface area (Å²) in [5.74, 6) is 0.0652. The number of aliphatic hydroxyl groups is 1. The lowest BCUT2D eigenvalue weighted by Gasteiger charge is -2.27. The first kappa shape index (κ1) is 13.9. The van der Waals surface area contributed by atoms with Crippen molar-refractivity contribution in [2.45, 2.75) is 18.9 Å². The molecule has 5 nitrogen and oxygen atoms in total. The second-order valence-electron chi connectivity index (χ2n) is 3.81. The lowest BCUT2D eigenvalue weighted by molar-refractivity contribution is -0.133. The van der Waals surface area contributed by atoms with Crippen molar-refractivity contribution in [1.82, 2.24) is 4.90 Å². The summed E-state index contributed by atoms with van der Waals surface area (Å²) < 4.78 is 22.6. The maximum atomic E-state index is 11.7. The average Bonchev–Trinajstić information content (AvgIpc) is 2.55. The molecular formula is C9H16BrNO4S. The number of hydrogen-bond donors (Lipinski definition) is 1. The van der Waals surface area contributed by atoms with Crippen molar-refractivity contribution in [2.24, 2.45) is 0 Å². The highest BCUT2D eigenvalue weighted by Gasteiger charge is 2.33. The number of carbonyl (C=O) groups is 1. The highest BCUT2D eigenvalue weighted by molar-refractivity contribution is 9.09. The van der Waals surface area contributed by atoms with Crippen molar-refractivity contribution in [3.8, 4) is 0 Å². The number of hydrogen-bond acceptors (Lipinski definition) is 4. The van der Waals surface area contributed by atoms with Crippen LogP contribution in [0.25, 0.3) is 0 Å². The quantitative estimate of drug-likeness (QED) is 0.712. The van der Waals surface area contributed by atoms with Crippen molar-refractivity contribution in [1.29, 1.82) is 0 Å². The molecule has 7 heteroatoms. The molecule has 1 N–H and O–H groups in total. The molecule has 0 aliphatic carbocycles. The van der Waals surface area contributed by atoms with Gasteiger partial charge in [0.05, 0.1) is 18.1 Å². The number of aliphatic hydroxyl groups excluding tert-OH is 1. The zero-order chi connectivity index (χ0) is 12.2. The van der Waals surface area contributed by atoms with E-state index in [-0.39, 0.29) is 36.6 Å². The van der Waals surface area contributed by atoms with Crippen molar-refractivity contribution in [3.63, 3.8) is 0 Å². The molecule has 16 heavy (non-hydrogen) atoms. The van der Waals surface area contributed by atoms with Crippen LogP contribution < -0.4 is 0 Å². The van der Waals surface area contributed by atoms with Crippen LogP contribution in [0, 0.1) is 0 Å². The third kappa shape index (κ3) is 3.71. The first-order valence-electron chi connectivity index (χ1n) is 5.17. The fraction of sp³-hybridized carbons (Fsp3) is 0.889. The fourth-order valence-corrected chi connectivity index (χ4v) is 3.93. The van der Waals surface area contributed by atoms with Crippen LogP contribution in [0.15, 0.2) is 0 Å². The van der Waals surface area contributed by atoms with Crippen molar-refractivity contribution >= 4 is 31.7 Å². The summed E-state index contributed by atoms with van der Waals surface area (Å²) >= 11 is 3.17. The van der Waals surface area contributed by atoms with Gasteiger partial charge in [0.1, 0.15) is 0 Å². The molecule has 0 radical (unpaired) electrons. The van der Waals surface area contributed by atoms with Crippen molar-refractivity contribution in [3.05, 3.63) is 0 Å². The Morgan fingerprint density at radius 2 is 2.19 bits per heavy atom. The van der Waals surface area contributed by atoms with Gasteiger partial charge in [-0.25, -0.2) is 8.42 Å². The molecule has 0 aromatic rings. The summed E-state index contributed by atoms with van der Waals surface area (Å²) in [6, 6.07) is -0.260. The van der Waals surface area contributed by atoms with Crippen LogP contribution >= 0.6 is 15.9 Å². The van der Waals surface area contributed by atoms with Crippen LogP contribution in [0.2, 0.25) is 0 Å². The van der Waals surface area contributed by atoms with Gasteiger partial charge in [-0.15, -0.1) is 0 Å². The normalized spacial score (nSPS) is 23.2. The van der Waals surface area contributed by atoms with Crippen LogP contribution in [0.3, 0.4) is 0 Å². The largest absolute Gasteiger partial charge is 0.395 e. The summed E-state index contributed by atoms with van der Waals surface area (Å²) in [6.07, 6.45) is 0.812. The van der Waals surface area contributed by atoms with E-state index in [1.807, 2.05) is 0 Å². The molecule has 0 spiro atoms. The average molecular weight is 314 g/mol. The molecule has 1 saturated heterocycles. The van der Waals surface area contributed by atoms with E-state index < -0.39 is 9.84 Å². The topological polar surface area (TPSA) is 74.7 Å². The van der Waals surface area contributed by atoms with Gasteiger partial charge >= 0.3 is 0 Å². The summed E-state index contributed by atoms with van der Waals surface area (Å²) in [5, 5.41) is 9.44. The molecular weight excluding hydrogens is 298 g/mol. The predicted molar refractivity (Wildman–Crippen MR) is 64.3 cm³/mol. The molecule has 1 aliphatic rings. The SMILES string of the molecule is O=C(CCBr)N(CCO)C1CCS(=O)(=O)C1. The molecule has 1 unspecified atom stereocenters. The van der Waals surface area contributed by atoms with Crippen molar-refractivity contribution < 1.29 is 18.3 Å². The summed E-state index contributed by atoms with van der Waals surface area (Å²) in [7, 11) is -2.99. The molecule has 0 saturated carbocycles. The van der Waals surface area contributed by atoms with Crippen LogP contribution in [0.1, 0.15) is 12.8 Å². The predicted octanol–water partition coefficient (Wildman–Crippen LogP) is -0.221. The molecule has 0 aromatic heterocycles. The number of carbonyl (C=O) groups excluding carboxylic acids is 1. The second-order valence-corrected chi connectivity index (χ2v) is 6.83. The van der Waals surface area contributed by atoms with Crippen LogP contribution in [-0.2, 0) is 14.6 Å². The maximum Gasteiger partial charge on any atom is 0.223 e. The third-order valence-corrected chi connectivity index (χ3v) is 4.77. The van der Waals surface area contributed by atoms with E-state index in [9.17, 15) is 13.2 Å². The molecule has 1 aliphatic heterocycles. The Hall–Kier alpha value is -0.140. The van der Waals surface area contributed by atoms with E-state index in [4.69, 9.17) is 5.11 Å². The third-order valence-electron chi connectivity index (χ3n) is 2.62. The van der Waals surface area contributed by atoms with E-state index in [1.54, 1.807) is 0 Å². The van der Waals surface area contributed by atoms with Gasteiger partial charge in [0.2, 0.25) is 5.91 Å². The van der Waals surface area contributed by atoms with E-state index in [0.29, 0.717) is 18.2 Å². The summed E-state index contributed by atoms with van der Waals surface area (Å²) in [5.41, 5.74) is 0. The van der Waals surface area contributed by atoms with Gasteiger partial charge in [-0.2, -0.15) is 0 Å². The van der Waals surface area contributed by atoms with Crippen LogP contribution in [0.5, 0.6) is 0 Å². The Labute approximate surface area is 104 Å². The minimum atomic E-state index is -2.99. The molecule has 1 fully saturated rings. The van der Waals surface area contributed by atoms with Gasteiger partial charge in [-0.05, 0) is 6.42 Å². The van der Waals surface area contributed by atoms with Gasteiger partial charge in [0.25, 0.3) is 0 Å². The minimum Gasteiger partial charge on any atom is -0.395 e. The lowest BCUT2D eigenvalue weighted by atomic mass is 10.2. The van der Waals surface area contributed by atoms with Gasteiger partial charge in [-0.1, -0.05) is 15.9 Å². The summed E-state index contributed by atoms with van der Waals surface area (Å²) in [6.45, 7) is 0.0800. The number of alkyl halides is 1. The zero-order valence-electron chi connectivity index (χ0n) is 8.93. The van der Waals surface area contributed by atoms with Crippen molar-refractivity contribution in [2.75, 3.05) is 30.0 Å². The summed E-state index contributed by atoms with van der Waals surface area (Å²) in [4.78, 5) is 13.2. The Bertz CT molecular complexity index is 343. The van der Waals surface area contributed by atoms with Gasteiger partial charge in [0, 0.05) is 24.3 Å². The molecule has 1 heterocycles. The van der Waals surface area contributed by atoms with Crippen LogP contribution in [0.4, 0.5) is 0 Å². The first-order chi connectivity index (χ1) is 7.50. The number of sulfone groups is 1. The van der Waals surface area contributed by atoms with Gasteiger partial charge in [0.15, 0.2) is 9.84 Å². The minimum absolute atomic E-state index is 0.0288. The smallest absolute Gasteiger partial charge is 0.223 e. The molecule has 0 aromatic carbocycles. The molecule has 94 valence electrons. The van der Waals surface area contributed by atoms with E-state index in [2.05, 4.69) is 15.9 Å². The Balaban J connectivity index is 2.67. The first-order valence-corrected chi connectivity index (χ1v) is 8.11.